The number of carbonyl (C=O) groups is 1. The molecule has 0 unspecified atom stereocenters. The van der Waals surface area contributed by atoms with Crippen molar-refractivity contribution in [3.8, 4) is 0 Å². The Morgan fingerprint density at radius 3 is 3.31 bits per heavy atom. The number of hydrogen-bond donors (Lipinski definition) is 0. The van der Waals surface area contributed by atoms with Crippen LogP contribution in [0.2, 0.25) is 0 Å². The van der Waals surface area contributed by atoms with Crippen LogP contribution >= 0.6 is 0 Å². The minimum absolute atomic E-state index is 0.00694. The maximum Gasteiger partial charge on any atom is 0.314 e. The van der Waals surface area contributed by atoms with Crippen LogP contribution in [-0.4, -0.2) is 12.1 Å². The summed E-state index contributed by atoms with van der Waals surface area (Å²) in [4.78, 5) is 11.6. The lowest BCUT2D eigenvalue weighted by molar-refractivity contribution is -0.142. The Balaban J connectivity index is 2.10. The topological polar surface area (TPSA) is 26.3 Å². The van der Waals surface area contributed by atoms with Gasteiger partial charge in [0.2, 0.25) is 0 Å². The SMILES string of the molecule is C=C1CC[C@@]23CC=C[C@@H]2OC(=O)[C@@H]13. The van der Waals surface area contributed by atoms with Crippen LogP contribution in [-0.2, 0) is 9.53 Å². The maximum atomic E-state index is 11.6. The molecule has 0 N–H and O–H groups in total. The van der Waals surface area contributed by atoms with Crippen molar-refractivity contribution < 1.29 is 9.53 Å². The molecule has 0 aromatic rings. The summed E-state index contributed by atoms with van der Waals surface area (Å²) < 4.78 is 5.33. The zero-order valence-electron chi connectivity index (χ0n) is 7.45. The van der Waals surface area contributed by atoms with Gasteiger partial charge < -0.3 is 4.74 Å². The zero-order chi connectivity index (χ0) is 9.05. The normalized spacial score (nSPS) is 46.5. The summed E-state index contributed by atoms with van der Waals surface area (Å²) in [7, 11) is 0. The summed E-state index contributed by atoms with van der Waals surface area (Å²) in [6.07, 6.45) is 7.29. The van der Waals surface area contributed by atoms with Crippen molar-refractivity contribution in [1.29, 1.82) is 0 Å². The molecular formula is C11H12O2. The third kappa shape index (κ3) is 0.679. The summed E-state index contributed by atoms with van der Waals surface area (Å²) in [5.41, 5.74) is 1.16. The number of allylic oxidation sites excluding steroid dienone is 1. The molecule has 0 bridgehead atoms. The molecule has 13 heavy (non-hydrogen) atoms. The van der Waals surface area contributed by atoms with Gasteiger partial charge in [-0.15, -0.1) is 0 Å². The molecular weight excluding hydrogens is 164 g/mol. The third-order valence-electron chi connectivity index (χ3n) is 3.75. The molecule has 0 aromatic carbocycles. The van der Waals surface area contributed by atoms with Crippen LogP contribution in [0, 0.1) is 11.3 Å². The summed E-state index contributed by atoms with van der Waals surface area (Å²) in [6.45, 7) is 3.97. The van der Waals surface area contributed by atoms with Crippen LogP contribution < -0.4 is 0 Å². The zero-order valence-corrected chi connectivity index (χ0v) is 7.45. The lowest BCUT2D eigenvalue weighted by atomic mass is 9.75. The van der Waals surface area contributed by atoms with Gasteiger partial charge in [0.25, 0.3) is 0 Å². The molecule has 68 valence electrons. The van der Waals surface area contributed by atoms with Gasteiger partial charge in [-0.3, -0.25) is 4.79 Å². The van der Waals surface area contributed by atoms with Gasteiger partial charge in [-0.05, 0) is 25.3 Å². The quantitative estimate of drug-likeness (QED) is 0.415. The highest BCUT2D eigenvalue weighted by atomic mass is 16.6. The average Bonchev–Trinajstić information content (AvgIpc) is 2.65. The van der Waals surface area contributed by atoms with E-state index in [4.69, 9.17) is 4.74 Å². The lowest BCUT2D eigenvalue weighted by Gasteiger charge is -2.24. The van der Waals surface area contributed by atoms with Crippen LogP contribution in [0.5, 0.6) is 0 Å². The second kappa shape index (κ2) is 2.06. The van der Waals surface area contributed by atoms with E-state index >= 15 is 0 Å². The van der Waals surface area contributed by atoms with Gasteiger partial charge in [-0.2, -0.15) is 0 Å². The molecule has 2 heteroatoms. The predicted molar refractivity (Wildman–Crippen MR) is 47.9 cm³/mol. The summed E-state index contributed by atoms with van der Waals surface area (Å²) in [6, 6.07) is 0. The number of ether oxygens (including phenoxy) is 1. The van der Waals surface area contributed by atoms with Crippen molar-refractivity contribution in [3.63, 3.8) is 0 Å². The van der Waals surface area contributed by atoms with Gasteiger partial charge in [0.05, 0.1) is 5.92 Å². The van der Waals surface area contributed by atoms with Gasteiger partial charge in [-0.1, -0.05) is 18.2 Å². The van der Waals surface area contributed by atoms with E-state index in [1.165, 1.54) is 0 Å². The first kappa shape index (κ1) is 7.36. The highest BCUT2D eigenvalue weighted by Crippen LogP contribution is 2.58. The molecule has 3 rings (SSSR count). The summed E-state index contributed by atoms with van der Waals surface area (Å²) >= 11 is 0. The predicted octanol–water partition coefficient (Wildman–Crippen LogP) is 1.82. The highest BCUT2D eigenvalue weighted by molar-refractivity contribution is 5.81. The van der Waals surface area contributed by atoms with E-state index in [2.05, 4.69) is 12.7 Å². The van der Waals surface area contributed by atoms with Crippen LogP contribution in [0.15, 0.2) is 24.3 Å². The van der Waals surface area contributed by atoms with E-state index in [0.29, 0.717) is 0 Å². The van der Waals surface area contributed by atoms with Crippen molar-refractivity contribution >= 4 is 5.97 Å². The molecule has 2 aliphatic carbocycles. The Bertz CT molecular complexity index is 329. The average molecular weight is 176 g/mol. The molecule has 1 spiro atoms. The maximum absolute atomic E-state index is 11.6. The third-order valence-corrected chi connectivity index (χ3v) is 3.75. The van der Waals surface area contributed by atoms with Crippen LogP contribution in [0.25, 0.3) is 0 Å². The first-order chi connectivity index (χ1) is 6.24. The summed E-state index contributed by atoms with van der Waals surface area (Å²) in [5.74, 6) is -0.0515. The largest absolute Gasteiger partial charge is 0.457 e. The first-order valence-electron chi connectivity index (χ1n) is 4.79. The van der Waals surface area contributed by atoms with Crippen molar-refractivity contribution in [3.05, 3.63) is 24.3 Å². The van der Waals surface area contributed by atoms with E-state index in [9.17, 15) is 4.79 Å². The van der Waals surface area contributed by atoms with Crippen molar-refractivity contribution in [2.24, 2.45) is 11.3 Å². The second-order valence-electron chi connectivity index (χ2n) is 4.31. The minimum atomic E-state index is -0.0446. The molecule has 0 radical (unpaired) electrons. The molecule has 1 saturated heterocycles. The smallest absolute Gasteiger partial charge is 0.314 e. The van der Waals surface area contributed by atoms with E-state index in [1.807, 2.05) is 6.08 Å². The Hall–Kier alpha value is -1.05. The summed E-state index contributed by atoms with van der Waals surface area (Å²) in [5, 5.41) is 0. The van der Waals surface area contributed by atoms with Crippen molar-refractivity contribution in [2.75, 3.05) is 0 Å². The Kier molecular flexibility index (Phi) is 1.17. The molecule has 1 saturated carbocycles. The molecule has 3 atom stereocenters. The van der Waals surface area contributed by atoms with E-state index in [0.717, 1.165) is 24.8 Å². The first-order valence-corrected chi connectivity index (χ1v) is 4.79. The van der Waals surface area contributed by atoms with Gasteiger partial charge in [0, 0.05) is 5.41 Å². The molecule has 0 amide bonds. The molecule has 1 aliphatic heterocycles. The van der Waals surface area contributed by atoms with Crippen molar-refractivity contribution in [1.82, 2.24) is 0 Å². The molecule has 0 aromatic heterocycles. The number of carbonyl (C=O) groups excluding carboxylic acids is 1. The number of hydrogen-bond acceptors (Lipinski definition) is 2. The Labute approximate surface area is 77.3 Å². The number of rotatable bonds is 0. The molecule has 2 nitrogen and oxygen atoms in total. The standard InChI is InChI=1S/C11H12O2/c1-7-4-6-11-5-2-3-8(11)13-10(12)9(7)11/h2-3,8-9H,1,4-6H2/t8-,9+,11-/m0/s1. The van der Waals surface area contributed by atoms with Crippen LogP contribution in [0.3, 0.4) is 0 Å². The molecule has 3 aliphatic rings. The minimum Gasteiger partial charge on any atom is -0.457 e. The van der Waals surface area contributed by atoms with E-state index < -0.39 is 0 Å². The Morgan fingerprint density at radius 1 is 1.62 bits per heavy atom. The second-order valence-corrected chi connectivity index (χ2v) is 4.31. The lowest BCUT2D eigenvalue weighted by Crippen LogP contribution is -2.28. The van der Waals surface area contributed by atoms with Gasteiger partial charge in [0.15, 0.2) is 0 Å². The van der Waals surface area contributed by atoms with Crippen molar-refractivity contribution in [2.45, 2.75) is 25.4 Å². The van der Waals surface area contributed by atoms with E-state index in [1.54, 1.807) is 0 Å². The molecule has 2 fully saturated rings. The van der Waals surface area contributed by atoms with Crippen LogP contribution in [0.1, 0.15) is 19.3 Å². The van der Waals surface area contributed by atoms with E-state index in [-0.39, 0.29) is 23.4 Å². The van der Waals surface area contributed by atoms with Crippen LogP contribution in [0.4, 0.5) is 0 Å². The van der Waals surface area contributed by atoms with Gasteiger partial charge >= 0.3 is 5.97 Å². The fourth-order valence-electron chi connectivity index (χ4n) is 3.08. The number of esters is 1. The highest BCUT2D eigenvalue weighted by Gasteiger charge is 2.60. The van der Waals surface area contributed by atoms with Gasteiger partial charge in [-0.25, -0.2) is 0 Å². The van der Waals surface area contributed by atoms with Gasteiger partial charge in [0.1, 0.15) is 6.10 Å². The fraction of sp³-hybridized carbons (Fsp3) is 0.545. The Morgan fingerprint density at radius 2 is 2.46 bits per heavy atom. The fourth-order valence-corrected chi connectivity index (χ4v) is 3.08. The monoisotopic (exact) mass is 176 g/mol. The molecule has 1 heterocycles.